The lowest BCUT2D eigenvalue weighted by Gasteiger charge is -2.24. The second-order valence-corrected chi connectivity index (χ2v) is 6.16. The highest BCUT2D eigenvalue weighted by Gasteiger charge is 2.39. The number of hydrogen-bond acceptors (Lipinski definition) is 2. The van der Waals surface area contributed by atoms with E-state index in [-0.39, 0.29) is 0 Å². The van der Waals surface area contributed by atoms with Crippen LogP contribution in [0.25, 0.3) is 0 Å². The molecule has 0 unspecified atom stereocenters. The fourth-order valence-corrected chi connectivity index (χ4v) is 3.74. The summed E-state index contributed by atoms with van der Waals surface area (Å²) >= 11 is 5.38. The summed E-state index contributed by atoms with van der Waals surface area (Å²) in [5, 5.41) is 7.61. The molecule has 0 radical (unpaired) electrons. The molecule has 1 aromatic heterocycles. The van der Waals surface area contributed by atoms with Crippen molar-refractivity contribution in [2.45, 2.75) is 38.1 Å². The quantitative estimate of drug-likeness (QED) is 0.827. The number of rotatable bonds is 4. The van der Waals surface area contributed by atoms with Gasteiger partial charge in [0.15, 0.2) is 5.11 Å². The average Bonchev–Trinajstić information content (AvgIpc) is 3.02. The van der Waals surface area contributed by atoms with Crippen LogP contribution in [0.5, 0.6) is 0 Å². The van der Waals surface area contributed by atoms with Crippen molar-refractivity contribution in [2.24, 2.45) is 11.8 Å². The Labute approximate surface area is 120 Å². The topological polar surface area (TPSA) is 37.0 Å². The van der Waals surface area contributed by atoms with E-state index in [0.29, 0.717) is 6.04 Å². The van der Waals surface area contributed by atoms with Gasteiger partial charge in [-0.1, -0.05) is 12.5 Å². The van der Waals surface area contributed by atoms with Gasteiger partial charge in [-0.2, -0.15) is 0 Å². The zero-order chi connectivity index (χ0) is 13.1. The van der Waals surface area contributed by atoms with E-state index in [2.05, 4.69) is 15.6 Å². The largest absolute Gasteiger partial charge is 0.362 e. The average molecular weight is 275 g/mol. The summed E-state index contributed by atoms with van der Waals surface area (Å²) in [6.45, 7) is 0.851. The van der Waals surface area contributed by atoms with E-state index in [1.54, 1.807) is 0 Å². The number of hydrogen-bond donors (Lipinski definition) is 2. The minimum Gasteiger partial charge on any atom is -0.362 e. The lowest BCUT2D eigenvalue weighted by molar-refractivity contribution is 0.389. The van der Waals surface area contributed by atoms with Crippen LogP contribution in [0, 0.1) is 11.8 Å². The van der Waals surface area contributed by atoms with Crippen LogP contribution in [0.2, 0.25) is 0 Å². The maximum atomic E-state index is 5.38. The highest BCUT2D eigenvalue weighted by molar-refractivity contribution is 7.80. The third-order valence-electron chi connectivity index (χ3n) is 4.45. The van der Waals surface area contributed by atoms with E-state index in [1.165, 1.54) is 25.7 Å². The van der Waals surface area contributed by atoms with Gasteiger partial charge in [-0.05, 0) is 55.4 Å². The monoisotopic (exact) mass is 275 g/mol. The zero-order valence-corrected chi connectivity index (χ0v) is 12.0. The molecule has 0 spiro atoms. The van der Waals surface area contributed by atoms with Crippen molar-refractivity contribution < 1.29 is 0 Å². The van der Waals surface area contributed by atoms with E-state index in [1.807, 2.05) is 24.4 Å². The van der Waals surface area contributed by atoms with Crippen molar-refractivity contribution >= 4 is 17.3 Å². The van der Waals surface area contributed by atoms with Gasteiger partial charge in [0, 0.05) is 30.9 Å². The molecule has 4 heteroatoms. The van der Waals surface area contributed by atoms with Gasteiger partial charge >= 0.3 is 0 Å². The molecule has 3 nitrogen and oxygen atoms in total. The number of nitrogens with zero attached hydrogens (tertiary/aromatic N) is 1. The molecule has 3 rings (SSSR count). The minimum absolute atomic E-state index is 0.619. The van der Waals surface area contributed by atoms with Gasteiger partial charge in [-0.15, -0.1) is 0 Å². The van der Waals surface area contributed by atoms with E-state index in [9.17, 15) is 0 Å². The fourth-order valence-electron chi connectivity index (χ4n) is 3.49. The molecule has 2 fully saturated rings. The third-order valence-corrected chi connectivity index (χ3v) is 4.71. The first-order valence-corrected chi connectivity index (χ1v) is 7.66. The van der Waals surface area contributed by atoms with Crippen LogP contribution in [-0.4, -0.2) is 22.7 Å². The van der Waals surface area contributed by atoms with Crippen LogP contribution in [0.3, 0.4) is 0 Å². The smallest absolute Gasteiger partial charge is 0.166 e. The number of aromatic nitrogens is 1. The SMILES string of the molecule is S=C(NCCc1ccccn1)N[C@H]1C[C@H]2CC[C@@H]1C2. The van der Waals surface area contributed by atoms with Crippen molar-refractivity contribution in [3.05, 3.63) is 30.1 Å². The first-order valence-electron chi connectivity index (χ1n) is 7.25. The molecule has 0 saturated heterocycles. The molecule has 1 heterocycles. The van der Waals surface area contributed by atoms with Gasteiger partial charge in [0.25, 0.3) is 0 Å². The van der Waals surface area contributed by atoms with Crippen LogP contribution < -0.4 is 10.6 Å². The molecule has 2 aliphatic carbocycles. The second-order valence-electron chi connectivity index (χ2n) is 5.75. The van der Waals surface area contributed by atoms with E-state index < -0.39 is 0 Å². The summed E-state index contributed by atoms with van der Waals surface area (Å²) in [7, 11) is 0. The fraction of sp³-hybridized carbons (Fsp3) is 0.600. The maximum Gasteiger partial charge on any atom is 0.166 e. The molecule has 2 aliphatic rings. The van der Waals surface area contributed by atoms with Crippen LogP contribution in [0.1, 0.15) is 31.4 Å². The molecule has 2 N–H and O–H groups in total. The Morgan fingerprint density at radius 3 is 2.95 bits per heavy atom. The Balaban J connectivity index is 1.38. The molecule has 0 amide bonds. The first-order chi connectivity index (χ1) is 9.31. The molecular weight excluding hydrogens is 254 g/mol. The Morgan fingerprint density at radius 1 is 1.32 bits per heavy atom. The van der Waals surface area contributed by atoms with Crippen LogP contribution in [0.4, 0.5) is 0 Å². The predicted octanol–water partition coefficient (Wildman–Crippen LogP) is 2.28. The van der Waals surface area contributed by atoms with E-state index in [0.717, 1.165) is 35.6 Å². The molecule has 1 aromatic rings. The van der Waals surface area contributed by atoms with Gasteiger partial charge in [-0.25, -0.2) is 0 Å². The van der Waals surface area contributed by atoms with Gasteiger partial charge in [0.2, 0.25) is 0 Å². The molecule has 0 aliphatic heterocycles. The highest BCUT2D eigenvalue weighted by Crippen LogP contribution is 2.44. The van der Waals surface area contributed by atoms with Crippen LogP contribution in [-0.2, 0) is 6.42 Å². The lowest BCUT2D eigenvalue weighted by atomic mass is 9.96. The molecule has 0 aromatic carbocycles. The normalized spacial score (nSPS) is 28.3. The van der Waals surface area contributed by atoms with Gasteiger partial charge in [0.05, 0.1) is 0 Å². The Hall–Kier alpha value is -1.16. The summed E-state index contributed by atoms with van der Waals surface area (Å²) in [5.41, 5.74) is 1.11. The molecule has 2 saturated carbocycles. The number of pyridine rings is 1. The summed E-state index contributed by atoms with van der Waals surface area (Å²) < 4.78 is 0. The van der Waals surface area contributed by atoms with Crippen LogP contribution >= 0.6 is 12.2 Å². The maximum absolute atomic E-state index is 5.38. The molecule has 102 valence electrons. The first kappa shape index (κ1) is 12.9. The molecule has 3 atom stereocenters. The number of fused-ring (bicyclic) bond motifs is 2. The van der Waals surface area contributed by atoms with Crippen molar-refractivity contribution in [1.29, 1.82) is 0 Å². The van der Waals surface area contributed by atoms with Crippen molar-refractivity contribution in [2.75, 3.05) is 6.54 Å². The second kappa shape index (κ2) is 5.87. The summed E-state index contributed by atoms with van der Waals surface area (Å²) in [5.74, 6) is 1.82. The van der Waals surface area contributed by atoms with E-state index >= 15 is 0 Å². The highest BCUT2D eigenvalue weighted by atomic mass is 32.1. The summed E-state index contributed by atoms with van der Waals surface area (Å²) in [6, 6.07) is 6.63. The van der Waals surface area contributed by atoms with Gasteiger partial charge in [0.1, 0.15) is 0 Å². The molecule has 19 heavy (non-hydrogen) atoms. The molecular formula is C15H21N3S. The predicted molar refractivity (Wildman–Crippen MR) is 80.9 cm³/mol. The summed E-state index contributed by atoms with van der Waals surface area (Å²) in [6.07, 6.45) is 8.29. The third kappa shape index (κ3) is 3.24. The summed E-state index contributed by atoms with van der Waals surface area (Å²) in [4.78, 5) is 4.31. The van der Waals surface area contributed by atoms with Crippen LogP contribution in [0.15, 0.2) is 24.4 Å². The van der Waals surface area contributed by atoms with Gasteiger partial charge in [-0.3, -0.25) is 4.98 Å². The Bertz CT molecular complexity index is 434. The minimum atomic E-state index is 0.619. The van der Waals surface area contributed by atoms with Gasteiger partial charge < -0.3 is 10.6 Å². The number of nitrogens with one attached hydrogen (secondary N) is 2. The standard InChI is InChI=1S/C15H21N3S/c19-15(17-8-6-13-3-1-2-7-16-13)18-14-10-11-4-5-12(14)9-11/h1-3,7,11-12,14H,4-6,8-10H2,(H2,17,18,19)/t11-,12+,14-/m0/s1. The van der Waals surface area contributed by atoms with E-state index in [4.69, 9.17) is 12.2 Å². The lowest BCUT2D eigenvalue weighted by Crippen LogP contribution is -2.44. The number of thiocarbonyl (C=S) groups is 1. The Morgan fingerprint density at radius 2 is 2.26 bits per heavy atom. The van der Waals surface area contributed by atoms with Crippen molar-refractivity contribution in [3.63, 3.8) is 0 Å². The van der Waals surface area contributed by atoms with Crippen molar-refractivity contribution in [3.8, 4) is 0 Å². The van der Waals surface area contributed by atoms with Crippen molar-refractivity contribution in [1.82, 2.24) is 15.6 Å². The molecule has 2 bridgehead atoms. The Kier molecular flexibility index (Phi) is 3.97. The zero-order valence-electron chi connectivity index (χ0n) is 11.1.